The van der Waals surface area contributed by atoms with Gasteiger partial charge in [-0.15, -0.1) is 0 Å². The first-order chi connectivity index (χ1) is 10.2. The van der Waals surface area contributed by atoms with Crippen LogP contribution in [0.2, 0.25) is 0 Å². The first-order valence-corrected chi connectivity index (χ1v) is 7.78. The van der Waals surface area contributed by atoms with Crippen molar-refractivity contribution in [2.75, 3.05) is 50.4 Å². The van der Waals surface area contributed by atoms with Crippen molar-refractivity contribution >= 4 is 38.6 Å². The van der Waals surface area contributed by atoms with Crippen LogP contribution in [0, 0.1) is 0 Å². The predicted molar refractivity (Wildman–Crippen MR) is 87.4 cm³/mol. The molecule has 1 aliphatic rings. The highest BCUT2D eigenvalue weighted by atomic mass is 79.9. The Morgan fingerprint density at radius 3 is 2.90 bits per heavy atom. The molecule has 2 heterocycles. The Bertz CT molecular complexity index is 625. The number of benzene rings is 1. The third kappa shape index (κ3) is 3.61. The third-order valence-electron chi connectivity index (χ3n) is 3.50. The van der Waals surface area contributed by atoms with Crippen LogP contribution in [0.1, 0.15) is 0 Å². The van der Waals surface area contributed by atoms with Crippen LogP contribution < -0.4 is 11.1 Å². The fourth-order valence-corrected chi connectivity index (χ4v) is 2.76. The highest BCUT2D eigenvalue weighted by molar-refractivity contribution is 9.10. The highest BCUT2D eigenvalue weighted by Crippen LogP contribution is 2.24. The van der Waals surface area contributed by atoms with Gasteiger partial charge in [0.1, 0.15) is 5.82 Å². The number of nitrogens with one attached hydrogen (secondary N) is 1. The molecule has 2 aromatic rings. The fourth-order valence-electron chi connectivity index (χ4n) is 2.41. The third-order valence-corrected chi connectivity index (χ3v) is 3.99. The topological polar surface area (TPSA) is 76.3 Å². The van der Waals surface area contributed by atoms with Crippen molar-refractivity contribution in [1.82, 2.24) is 14.9 Å². The van der Waals surface area contributed by atoms with Crippen LogP contribution in [0.15, 0.2) is 22.7 Å². The molecule has 0 atom stereocenters. The van der Waals surface area contributed by atoms with Gasteiger partial charge in [-0.3, -0.25) is 4.90 Å². The van der Waals surface area contributed by atoms with Gasteiger partial charge in [-0.25, -0.2) is 4.98 Å². The van der Waals surface area contributed by atoms with Gasteiger partial charge < -0.3 is 15.8 Å². The van der Waals surface area contributed by atoms with Crippen LogP contribution >= 0.6 is 15.9 Å². The number of anilines is 2. The Labute approximate surface area is 131 Å². The standard InChI is InChI=1S/C14H18BrN5O/c15-10-1-2-11-12(9-10)18-14(16)19-13(11)17-3-4-20-5-7-21-8-6-20/h1-2,9H,3-8H2,(H3,16,17,18,19). The molecule has 3 rings (SSSR count). The molecule has 21 heavy (non-hydrogen) atoms. The average molecular weight is 352 g/mol. The van der Waals surface area contributed by atoms with Crippen LogP contribution in [0.3, 0.4) is 0 Å². The lowest BCUT2D eigenvalue weighted by atomic mass is 10.2. The maximum Gasteiger partial charge on any atom is 0.222 e. The van der Waals surface area contributed by atoms with Crippen LogP contribution in [0.25, 0.3) is 10.9 Å². The molecule has 1 aromatic carbocycles. The van der Waals surface area contributed by atoms with Gasteiger partial charge in [0, 0.05) is 36.0 Å². The Balaban J connectivity index is 1.71. The molecule has 0 spiro atoms. The molecular weight excluding hydrogens is 334 g/mol. The Morgan fingerprint density at radius 1 is 1.29 bits per heavy atom. The maximum atomic E-state index is 5.78. The number of fused-ring (bicyclic) bond motifs is 1. The van der Waals surface area contributed by atoms with E-state index in [0.29, 0.717) is 0 Å². The van der Waals surface area contributed by atoms with Gasteiger partial charge in [0.25, 0.3) is 0 Å². The molecule has 1 aliphatic heterocycles. The monoisotopic (exact) mass is 351 g/mol. The van der Waals surface area contributed by atoms with Crippen molar-refractivity contribution in [3.8, 4) is 0 Å². The fraction of sp³-hybridized carbons (Fsp3) is 0.429. The van der Waals surface area contributed by atoms with Crippen LogP contribution in [-0.2, 0) is 4.74 Å². The first kappa shape index (κ1) is 14.5. The summed E-state index contributed by atoms with van der Waals surface area (Å²) >= 11 is 3.45. The smallest absolute Gasteiger partial charge is 0.222 e. The summed E-state index contributed by atoms with van der Waals surface area (Å²) in [6.45, 7) is 5.39. The molecule has 3 N–H and O–H groups in total. The molecule has 0 saturated carbocycles. The minimum atomic E-state index is 0.287. The number of halogens is 1. The summed E-state index contributed by atoms with van der Waals surface area (Å²) in [5.74, 6) is 1.08. The van der Waals surface area contributed by atoms with E-state index in [1.165, 1.54) is 0 Å². The molecule has 0 radical (unpaired) electrons. The Kier molecular flexibility index (Phi) is 4.52. The first-order valence-electron chi connectivity index (χ1n) is 6.99. The van der Waals surface area contributed by atoms with Gasteiger partial charge in [0.05, 0.1) is 18.7 Å². The Hall–Kier alpha value is -1.44. The molecule has 112 valence electrons. The number of hydrogen-bond acceptors (Lipinski definition) is 6. The maximum absolute atomic E-state index is 5.78. The van der Waals surface area contributed by atoms with Gasteiger partial charge in [-0.2, -0.15) is 4.98 Å². The van der Waals surface area contributed by atoms with E-state index >= 15 is 0 Å². The molecular formula is C14H18BrN5O. The minimum absolute atomic E-state index is 0.287. The van der Waals surface area contributed by atoms with E-state index in [9.17, 15) is 0 Å². The predicted octanol–water partition coefficient (Wildman–Crippen LogP) is 1.72. The lowest BCUT2D eigenvalue weighted by Gasteiger charge is -2.26. The molecule has 0 unspecified atom stereocenters. The van der Waals surface area contributed by atoms with Crippen LogP contribution in [0.4, 0.5) is 11.8 Å². The zero-order valence-corrected chi connectivity index (χ0v) is 13.3. The van der Waals surface area contributed by atoms with E-state index in [1.807, 2.05) is 18.2 Å². The summed E-state index contributed by atoms with van der Waals surface area (Å²) in [6.07, 6.45) is 0. The normalized spacial score (nSPS) is 16.2. The zero-order valence-electron chi connectivity index (χ0n) is 11.7. The van der Waals surface area contributed by atoms with Gasteiger partial charge in [0.15, 0.2) is 0 Å². The summed E-state index contributed by atoms with van der Waals surface area (Å²) in [5, 5.41) is 4.35. The van der Waals surface area contributed by atoms with E-state index in [2.05, 4.69) is 36.1 Å². The van der Waals surface area contributed by atoms with Crippen molar-refractivity contribution in [3.63, 3.8) is 0 Å². The summed E-state index contributed by atoms with van der Waals surface area (Å²) in [7, 11) is 0. The lowest BCUT2D eigenvalue weighted by Crippen LogP contribution is -2.39. The molecule has 0 amide bonds. The molecule has 0 aliphatic carbocycles. The summed E-state index contributed by atoms with van der Waals surface area (Å²) in [4.78, 5) is 11.0. The molecule has 1 aromatic heterocycles. The number of aromatic nitrogens is 2. The largest absolute Gasteiger partial charge is 0.379 e. The molecule has 0 bridgehead atoms. The SMILES string of the molecule is Nc1nc(NCCN2CCOCC2)c2ccc(Br)cc2n1. The van der Waals surface area contributed by atoms with Crippen molar-refractivity contribution in [1.29, 1.82) is 0 Å². The number of nitrogens with two attached hydrogens (primary N) is 1. The number of hydrogen-bond donors (Lipinski definition) is 2. The van der Waals surface area contributed by atoms with E-state index in [-0.39, 0.29) is 5.95 Å². The van der Waals surface area contributed by atoms with Crippen molar-refractivity contribution in [2.45, 2.75) is 0 Å². The molecule has 1 fully saturated rings. The summed E-state index contributed by atoms with van der Waals surface area (Å²) in [6, 6.07) is 5.92. The average Bonchev–Trinajstić information content (AvgIpc) is 2.47. The number of nitrogen functional groups attached to an aromatic ring is 1. The second-order valence-electron chi connectivity index (χ2n) is 4.97. The Morgan fingerprint density at radius 2 is 2.10 bits per heavy atom. The van der Waals surface area contributed by atoms with E-state index in [4.69, 9.17) is 10.5 Å². The summed E-state index contributed by atoms with van der Waals surface area (Å²) < 4.78 is 6.32. The second-order valence-corrected chi connectivity index (χ2v) is 5.89. The van der Waals surface area contributed by atoms with Gasteiger partial charge in [-0.1, -0.05) is 15.9 Å². The van der Waals surface area contributed by atoms with Gasteiger partial charge in [-0.05, 0) is 18.2 Å². The van der Waals surface area contributed by atoms with Gasteiger partial charge >= 0.3 is 0 Å². The van der Waals surface area contributed by atoms with E-state index in [0.717, 1.165) is 60.6 Å². The van der Waals surface area contributed by atoms with Crippen LogP contribution in [0.5, 0.6) is 0 Å². The highest BCUT2D eigenvalue weighted by Gasteiger charge is 2.10. The minimum Gasteiger partial charge on any atom is -0.379 e. The number of rotatable bonds is 4. The summed E-state index contributed by atoms with van der Waals surface area (Å²) in [5.41, 5.74) is 6.62. The molecule has 6 nitrogen and oxygen atoms in total. The number of morpholine rings is 1. The number of ether oxygens (including phenoxy) is 1. The molecule has 7 heteroatoms. The lowest BCUT2D eigenvalue weighted by molar-refractivity contribution is 0.0398. The zero-order chi connectivity index (χ0) is 14.7. The van der Waals surface area contributed by atoms with Crippen molar-refractivity contribution in [2.24, 2.45) is 0 Å². The van der Waals surface area contributed by atoms with Crippen molar-refractivity contribution < 1.29 is 4.74 Å². The quantitative estimate of drug-likeness (QED) is 0.873. The van der Waals surface area contributed by atoms with E-state index in [1.54, 1.807) is 0 Å². The number of nitrogens with zero attached hydrogens (tertiary/aromatic N) is 3. The van der Waals surface area contributed by atoms with Gasteiger partial charge in [0.2, 0.25) is 5.95 Å². The van der Waals surface area contributed by atoms with E-state index < -0.39 is 0 Å². The van der Waals surface area contributed by atoms with Crippen molar-refractivity contribution in [3.05, 3.63) is 22.7 Å². The second kappa shape index (κ2) is 6.55. The van der Waals surface area contributed by atoms with Crippen LogP contribution in [-0.4, -0.2) is 54.3 Å². The molecule has 1 saturated heterocycles.